The Hall–Kier alpha value is -3.63. The van der Waals surface area contributed by atoms with Gasteiger partial charge in [0, 0.05) is 37.6 Å². The van der Waals surface area contributed by atoms with Gasteiger partial charge in [0.25, 0.3) is 11.6 Å². The summed E-state index contributed by atoms with van der Waals surface area (Å²) in [6, 6.07) is 8.11. The lowest BCUT2D eigenvalue weighted by molar-refractivity contribution is -0.384. The van der Waals surface area contributed by atoms with E-state index in [4.69, 9.17) is 0 Å². The van der Waals surface area contributed by atoms with E-state index in [-0.39, 0.29) is 37.8 Å². The number of amides is 1. The first kappa shape index (κ1) is 20.6. The number of aryl methyl sites for hydroxylation is 1. The highest BCUT2D eigenvalue weighted by molar-refractivity contribution is 6.04. The number of alkyl halides is 3. The fourth-order valence-electron chi connectivity index (χ4n) is 3.70. The number of nitrogens with zero attached hydrogens (tertiary/aromatic N) is 4. The third-order valence-electron chi connectivity index (χ3n) is 5.33. The van der Waals surface area contributed by atoms with E-state index in [1.807, 2.05) is 25.1 Å². The number of carbonyl (C=O) groups excluding carboxylic acids is 1. The van der Waals surface area contributed by atoms with Crippen LogP contribution in [0.4, 0.5) is 24.5 Å². The average Bonchev–Trinajstić information content (AvgIpc) is 3.15. The minimum atomic E-state index is -4.67. The Kier molecular flexibility index (Phi) is 5.03. The van der Waals surface area contributed by atoms with Gasteiger partial charge in [-0.05, 0) is 31.2 Å². The van der Waals surface area contributed by atoms with E-state index in [1.165, 1.54) is 0 Å². The van der Waals surface area contributed by atoms with Crippen LogP contribution in [0.15, 0.2) is 36.4 Å². The summed E-state index contributed by atoms with van der Waals surface area (Å²) in [6.07, 6.45) is -4.67. The Morgan fingerprint density at radius 2 is 1.84 bits per heavy atom. The Morgan fingerprint density at radius 3 is 2.48 bits per heavy atom. The van der Waals surface area contributed by atoms with Gasteiger partial charge in [-0.3, -0.25) is 20.0 Å². The zero-order chi connectivity index (χ0) is 22.3. The van der Waals surface area contributed by atoms with Gasteiger partial charge < -0.3 is 9.80 Å². The summed E-state index contributed by atoms with van der Waals surface area (Å²) in [6.45, 7) is 2.93. The number of benzene rings is 2. The normalized spacial score (nSPS) is 14.8. The number of H-pyrrole nitrogens is 1. The summed E-state index contributed by atoms with van der Waals surface area (Å²) < 4.78 is 38.8. The molecule has 1 fully saturated rings. The molecule has 1 aliphatic rings. The average molecular weight is 433 g/mol. The van der Waals surface area contributed by atoms with Crippen molar-refractivity contribution in [2.75, 3.05) is 31.1 Å². The molecule has 11 heteroatoms. The predicted molar refractivity (Wildman–Crippen MR) is 107 cm³/mol. The predicted octanol–water partition coefficient (Wildman–Crippen LogP) is 3.76. The van der Waals surface area contributed by atoms with E-state index in [0.29, 0.717) is 17.1 Å². The quantitative estimate of drug-likeness (QED) is 0.501. The summed E-state index contributed by atoms with van der Waals surface area (Å²) >= 11 is 0. The second kappa shape index (κ2) is 7.56. The second-order valence-corrected chi connectivity index (χ2v) is 7.36. The summed E-state index contributed by atoms with van der Waals surface area (Å²) in [4.78, 5) is 26.7. The van der Waals surface area contributed by atoms with Crippen LogP contribution in [-0.2, 0) is 6.18 Å². The van der Waals surface area contributed by atoms with Crippen LogP contribution in [0.25, 0.3) is 10.9 Å². The van der Waals surface area contributed by atoms with Crippen LogP contribution < -0.4 is 4.90 Å². The standard InChI is InChI=1S/C20H18F3N5O3/c1-12-2-4-15-14(10-12)18(25-24-15)19(29)27-8-6-26(7-9-27)16-5-3-13(20(21,22)23)11-17(16)28(30)31/h2-5,10-11H,6-9H2,1H3,(H,24,25). The van der Waals surface area contributed by atoms with Gasteiger partial charge in [0.05, 0.1) is 16.0 Å². The zero-order valence-electron chi connectivity index (χ0n) is 16.4. The van der Waals surface area contributed by atoms with Crippen molar-refractivity contribution in [1.82, 2.24) is 15.1 Å². The molecule has 4 rings (SSSR count). The number of anilines is 1. The zero-order valence-corrected chi connectivity index (χ0v) is 16.4. The first-order valence-corrected chi connectivity index (χ1v) is 9.50. The van der Waals surface area contributed by atoms with Crippen LogP contribution in [0.2, 0.25) is 0 Å². The van der Waals surface area contributed by atoms with Crippen LogP contribution in [0.5, 0.6) is 0 Å². The molecule has 2 heterocycles. The molecule has 3 aromatic rings. The van der Waals surface area contributed by atoms with E-state index in [9.17, 15) is 28.1 Å². The van der Waals surface area contributed by atoms with Crippen LogP contribution in [-0.4, -0.2) is 52.1 Å². The van der Waals surface area contributed by atoms with Gasteiger partial charge in [0.2, 0.25) is 0 Å². The maximum absolute atomic E-state index is 13.0. The molecule has 0 atom stereocenters. The van der Waals surface area contributed by atoms with Gasteiger partial charge in [-0.2, -0.15) is 18.3 Å². The number of aromatic nitrogens is 2. The molecule has 0 unspecified atom stereocenters. The highest BCUT2D eigenvalue weighted by Crippen LogP contribution is 2.36. The SMILES string of the molecule is Cc1ccc2[nH]nc(C(=O)N3CCN(c4ccc(C(F)(F)F)cc4[N+](=O)[O-])CC3)c2c1. The fourth-order valence-corrected chi connectivity index (χ4v) is 3.70. The molecule has 1 N–H and O–H groups in total. The number of piperazine rings is 1. The number of halogens is 3. The minimum Gasteiger partial charge on any atom is -0.362 e. The molecule has 1 amide bonds. The van der Waals surface area contributed by atoms with Gasteiger partial charge in [-0.15, -0.1) is 0 Å². The number of hydrogen-bond donors (Lipinski definition) is 1. The number of hydrogen-bond acceptors (Lipinski definition) is 5. The number of carbonyl (C=O) groups is 1. The molecule has 8 nitrogen and oxygen atoms in total. The van der Waals surface area contributed by atoms with Crippen LogP contribution in [0.3, 0.4) is 0 Å². The summed E-state index contributed by atoms with van der Waals surface area (Å²) in [5.41, 5.74) is 0.454. The van der Waals surface area contributed by atoms with E-state index < -0.39 is 22.4 Å². The van der Waals surface area contributed by atoms with Crippen molar-refractivity contribution >= 4 is 28.2 Å². The lowest BCUT2D eigenvalue weighted by Gasteiger charge is -2.35. The van der Waals surface area contributed by atoms with Crippen molar-refractivity contribution < 1.29 is 22.9 Å². The smallest absolute Gasteiger partial charge is 0.362 e. The lowest BCUT2D eigenvalue weighted by Crippen LogP contribution is -2.49. The largest absolute Gasteiger partial charge is 0.416 e. The maximum atomic E-state index is 13.0. The molecule has 0 saturated carbocycles. The summed E-state index contributed by atoms with van der Waals surface area (Å²) in [5.74, 6) is -0.265. The van der Waals surface area contributed by atoms with Gasteiger partial charge in [-0.25, -0.2) is 0 Å². The Bertz CT molecular complexity index is 1170. The van der Waals surface area contributed by atoms with Gasteiger partial charge in [0.15, 0.2) is 5.69 Å². The van der Waals surface area contributed by atoms with Crippen molar-refractivity contribution in [2.45, 2.75) is 13.1 Å². The van der Waals surface area contributed by atoms with Crippen LogP contribution in [0.1, 0.15) is 21.6 Å². The maximum Gasteiger partial charge on any atom is 0.416 e. The Labute approximate surface area is 174 Å². The van der Waals surface area contributed by atoms with Crippen molar-refractivity contribution in [2.24, 2.45) is 0 Å². The van der Waals surface area contributed by atoms with E-state index in [0.717, 1.165) is 23.2 Å². The van der Waals surface area contributed by atoms with Crippen molar-refractivity contribution in [3.05, 3.63) is 63.3 Å². The number of fused-ring (bicyclic) bond motifs is 1. The molecular formula is C20H18F3N5O3. The Morgan fingerprint density at radius 1 is 1.13 bits per heavy atom. The number of nitro groups is 1. The summed E-state index contributed by atoms with van der Waals surface area (Å²) in [5, 5.41) is 19.0. The topological polar surface area (TPSA) is 95.4 Å². The highest BCUT2D eigenvalue weighted by atomic mass is 19.4. The summed E-state index contributed by atoms with van der Waals surface area (Å²) in [7, 11) is 0. The highest BCUT2D eigenvalue weighted by Gasteiger charge is 2.34. The van der Waals surface area contributed by atoms with Gasteiger partial charge in [0.1, 0.15) is 5.69 Å². The van der Waals surface area contributed by atoms with Crippen molar-refractivity contribution in [3.63, 3.8) is 0 Å². The van der Waals surface area contributed by atoms with Gasteiger partial charge in [-0.1, -0.05) is 11.6 Å². The number of nitro benzene ring substituents is 1. The fraction of sp³-hybridized carbons (Fsp3) is 0.300. The van der Waals surface area contributed by atoms with Crippen LogP contribution in [0, 0.1) is 17.0 Å². The molecule has 0 bridgehead atoms. The molecule has 1 aliphatic heterocycles. The molecule has 0 radical (unpaired) electrons. The number of nitrogens with one attached hydrogen (secondary N) is 1. The minimum absolute atomic E-state index is 0.103. The molecule has 1 saturated heterocycles. The molecule has 1 aromatic heterocycles. The van der Waals surface area contributed by atoms with Gasteiger partial charge >= 0.3 is 6.18 Å². The van der Waals surface area contributed by atoms with E-state index >= 15 is 0 Å². The molecule has 162 valence electrons. The monoisotopic (exact) mass is 433 g/mol. The first-order valence-electron chi connectivity index (χ1n) is 9.50. The molecule has 0 aliphatic carbocycles. The molecular weight excluding hydrogens is 415 g/mol. The van der Waals surface area contributed by atoms with Crippen LogP contribution >= 0.6 is 0 Å². The lowest BCUT2D eigenvalue weighted by atomic mass is 10.1. The Balaban J connectivity index is 1.53. The van der Waals surface area contributed by atoms with Crippen molar-refractivity contribution in [1.29, 1.82) is 0 Å². The van der Waals surface area contributed by atoms with E-state index in [2.05, 4.69) is 10.2 Å². The second-order valence-electron chi connectivity index (χ2n) is 7.36. The first-order chi connectivity index (χ1) is 14.6. The molecule has 2 aromatic carbocycles. The third kappa shape index (κ3) is 3.90. The number of aromatic amines is 1. The third-order valence-corrected chi connectivity index (χ3v) is 5.33. The van der Waals surface area contributed by atoms with E-state index in [1.54, 1.807) is 9.80 Å². The number of rotatable bonds is 3. The molecule has 0 spiro atoms. The molecule has 31 heavy (non-hydrogen) atoms. The van der Waals surface area contributed by atoms with Crippen molar-refractivity contribution in [3.8, 4) is 0 Å².